The van der Waals surface area contributed by atoms with Crippen LogP contribution in [0.25, 0.3) is 0 Å². The van der Waals surface area contributed by atoms with Crippen molar-refractivity contribution in [3.05, 3.63) is 53.3 Å². The number of carbonyl (C=O) groups is 1. The smallest absolute Gasteiger partial charge is 0.268 e. The number of aromatic nitrogens is 1. The Bertz CT molecular complexity index is 656. The van der Waals surface area contributed by atoms with Gasteiger partial charge in [0.15, 0.2) is 0 Å². The fourth-order valence-electron chi connectivity index (χ4n) is 2.62. The van der Waals surface area contributed by atoms with Gasteiger partial charge in [-0.05, 0) is 37.8 Å². The minimum atomic E-state index is -0.0359. The molecule has 1 aromatic carbocycles. The van der Waals surface area contributed by atoms with Gasteiger partial charge in [0.2, 0.25) is 0 Å². The van der Waals surface area contributed by atoms with Gasteiger partial charge >= 0.3 is 0 Å². The molecule has 4 nitrogen and oxygen atoms in total. The predicted molar refractivity (Wildman–Crippen MR) is 84.3 cm³/mol. The van der Waals surface area contributed by atoms with Crippen LogP contribution in [-0.4, -0.2) is 17.0 Å². The third-order valence-electron chi connectivity index (χ3n) is 3.82. The van der Waals surface area contributed by atoms with E-state index in [2.05, 4.69) is 30.4 Å². The molecule has 4 heteroatoms. The van der Waals surface area contributed by atoms with Crippen molar-refractivity contribution >= 4 is 11.6 Å². The summed E-state index contributed by atoms with van der Waals surface area (Å²) in [4.78, 5) is 12.3. The van der Waals surface area contributed by atoms with E-state index >= 15 is 0 Å². The molecule has 2 aromatic rings. The number of amides is 1. The average Bonchev–Trinajstić information content (AvgIpc) is 3.21. The maximum absolute atomic E-state index is 12.3. The van der Waals surface area contributed by atoms with Crippen LogP contribution in [0, 0.1) is 6.92 Å². The summed E-state index contributed by atoms with van der Waals surface area (Å²) in [7, 11) is 0. The molecular formula is C17H21N3O. The molecule has 1 fully saturated rings. The van der Waals surface area contributed by atoms with Crippen molar-refractivity contribution in [2.75, 3.05) is 12.3 Å². The predicted octanol–water partition coefficient (Wildman–Crippen LogP) is 2.69. The van der Waals surface area contributed by atoms with Gasteiger partial charge in [0.05, 0.1) is 5.69 Å². The number of nitrogens with two attached hydrogens (primary N) is 1. The van der Waals surface area contributed by atoms with Gasteiger partial charge in [-0.2, -0.15) is 0 Å². The topological polar surface area (TPSA) is 60.1 Å². The minimum absolute atomic E-state index is 0.0359. The second-order valence-electron chi connectivity index (χ2n) is 5.79. The fraction of sp³-hybridized carbons (Fsp3) is 0.353. The van der Waals surface area contributed by atoms with E-state index in [1.807, 2.05) is 16.8 Å². The molecule has 0 saturated heterocycles. The number of benzene rings is 1. The number of nitrogens with one attached hydrogen (secondary N) is 1. The van der Waals surface area contributed by atoms with Crippen LogP contribution in [0.3, 0.4) is 0 Å². The average molecular weight is 283 g/mol. The van der Waals surface area contributed by atoms with Crippen molar-refractivity contribution in [1.29, 1.82) is 0 Å². The number of anilines is 1. The summed E-state index contributed by atoms with van der Waals surface area (Å²) in [6.07, 6.45) is 4.98. The second-order valence-corrected chi connectivity index (χ2v) is 5.79. The number of hydrogen-bond donors (Lipinski definition) is 2. The first-order valence-electron chi connectivity index (χ1n) is 7.44. The van der Waals surface area contributed by atoms with E-state index in [-0.39, 0.29) is 5.91 Å². The van der Waals surface area contributed by atoms with Crippen LogP contribution < -0.4 is 11.1 Å². The summed E-state index contributed by atoms with van der Waals surface area (Å²) >= 11 is 0. The van der Waals surface area contributed by atoms with Gasteiger partial charge in [0.1, 0.15) is 5.69 Å². The highest BCUT2D eigenvalue weighted by Gasteiger charge is 2.27. The third kappa shape index (κ3) is 3.27. The Kier molecular flexibility index (Phi) is 3.69. The van der Waals surface area contributed by atoms with Crippen molar-refractivity contribution in [2.24, 2.45) is 0 Å². The highest BCUT2D eigenvalue weighted by Crippen LogP contribution is 2.37. The Morgan fingerprint density at radius 3 is 2.90 bits per heavy atom. The molecule has 0 aliphatic heterocycles. The molecule has 0 unspecified atom stereocenters. The number of hydrogen-bond acceptors (Lipinski definition) is 2. The van der Waals surface area contributed by atoms with Crippen LogP contribution in [-0.2, 0) is 6.42 Å². The first-order chi connectivity index (χ1) is 10.1. The van der Waals surface area contributed by atoms with Gasteiger partial charge in [-0.15, -0.1) is 0 Å². The maximum atomic E-state index is 12.3. The van der Waals surface area contributed by atoms with Crippen molar-refractivity contribution in [3.8, 4) is 0 Å². The van der Waals surface area contributed by atoms with Crippen molar-refractivity contribution in [3.63, 3.8) is 0 Å². The summed E-state index contributed by atoms with van der Waals surface area (Å²) in [6, 6.07) is 10.6. The van der Waals surface area contributed by atoms with E-state index in [9.17, 15) is 4.79 Å². The molecule has 0 atom stereocenters. The molecule has 110 valence electrons. The van der Waals surface area contributed by atoms with E-state index < -0.39 is 0 Å². The van der Waals surface area contributed by atoms with E-state index in [4.69, 9.17) is 5.73 Å². The van der Waals surface area contributed by atoms with E-state index in [1.165, 1.54) is 11.1 Å². The quantitative estimate of drug-likeness (QED) is 0.886. The maximum Gasteiger partial charge on any atom is 0.268 e. The Hall–Kier alpha value is -2.23. The molecule has 21 heavy (non-hydrogen) atoms. The van der Waals surface area contributed by atoms with Gasteiger partial charge in [0.25, 0.3) is 5.91 Å². The largest absolute Gasteiger partial charge is 0.397 e. The normalized spacial score (nSPS) is 14.1. The number of carbonyl (C=O) groups excluding carboxylic acids is 1. The lowest BCUT2D eigenvalue weighted by Gasteiger charge is -2.09. The molecule has 1 amide bonds. The summed E-state index contributed by atoms with van der Waals surface area (Å²) in [6.45, 7) is 2.71. The standard InChI is InChI=1S/C17H21N3O/c1-12-3-2-4-13(9-12)7-8-19-17(21)16-10-14(18)11-20(16)15-5-6-15/h2-4,9-11,15H,5-8,18H2,1H3,(H,19,21). The molecule has 3 rings (SSSR count). The number of aryl methyl sites for hydroxylation is 1. The molecule has 1 saturated carbocycles. The molecule has 1 aromatic heterocycles. The molecule has 3 N–H and O–H groups in total. The van der Waals surface area contributed by atoms with Crippen LogP contribution in [0.4, 0.5) is 5.69 Å². The monoisotopic (exact) mass is 283 g/mol. The van der Waals surface area contributed by atoms with Gasteiger partial charge in [-0.3, -0.25) is 4.79 Å². The highest BCUT2D eigenvalue weighted by molar-refractivity contribution is 5.93. The van der Waals surface area contributed by atoms with Crippen molar-refractivity contribution < 1.29 is 4.79 Å². The molecule has 0 radical (unpaired) electrons. The molecule has 1 aliphatic rings. The molecule has 0 spiro atoms. The Labute approximate surface area is 125 Å². The Morgan fingerprint density at radius 1 is 1.38 bits per heavy atom. The Morgan fingerprint density at radius 2 is 2.19 bits per heavy atom. The third-order valence-corrected chi connectivity index (χ3v) is 3.82. The second kappa shape index (κ2) is 5.64. The van der Waals surface area contributed by atoms with E-state index in [1.54, 1.807) is 6.07 Å². The van der Waals surface area contributed by atoms with Crippen LogP contribution in [0.15, 0.2) is 36.5 Å². The summed E-state index contributed by atoms with van der Waals surface area (Å²) in [5.74, 6) is -0.0359. The van der Waals surface area contributed by atoms with Crippen LogP contribution >= 0.6 is 0 Å². The zero-order chi connectivity index (χ0) is 14.8. The zero-order valence-corrected chi connectivity index (χ0v) is 12.3. The summed E-state index contributed by atoms with van der Waals surface area (Å²) in [5, 5.41) is 2.99. The van der Waals surface area contributed by atoms with Gasteiger partial charge < -0.3 is 15.6 Å². The Balaban J connectivity index is 1.59. The van der Waals surface area contributed by atoms with Crippen LogP contribution in [0.2, 0.25) is 0 Å². The summed E-state index contributed by atoms with van der Waals surface area (Å²) < 4.78 is 2.01. The van der Waals surface area contributed by atoms with Crippen molar-refractivity contribution in [2.45, 2.75) is 32.2 Å². The van der Waals surface area contributed by atoms with E-state index in [0.29, 0.717) is 24.0 Å². The van der Waals surface area contributed by atoms with Gasteiger partial charge in [-0.1, -0.05) is 29.8 Å². The highest BCUT2D eigenvalue weighted by atomic mass is 16.1. The van der Waals surface area contributed by atoms with Crippen LogP contribution in [0.5, 0.6) is 0 Å². The summed E-state index contributed by atoms with van der Waals surface area (Å²) in [5.41, 5.74) is 9.64. The van der Waals surface area contributed by atoms with Gasteiger partial charge in [0, 0.05) is 18.8 Å². The molecular weight excluding hydrogens is 262 g/mol. The minimum Gasteiger partial charge on any atom is -0.397 e. The molecule has 1 aliphatic carbocycles. The van der Waals surface area contributed by atoms with Crippen molar-refractivity contribution in [1.82, 2.24) is 9.88 Å². The lowest BCUT2D eigenvalue weighted by atomic mass is 10.1. The zero-order valence-electron chi connectivity index (χ0n) is 12.3. The SMILES string of the molecule is Cc1cccc(CCNC(=O)c2cc(N)cn2C2CC2)c1. The molecule has 1 heterocycles. The molecule has 0 bridgehead atoms. The fourth-order valence-corrected chi connectivity index (χ4v) is 2.62. The van der Waals surface area contributed by atoms with E-state index in [0.717, 1.165) is 19.3 Å². The lowest BCUT2D eigenvalue weighted by Crippen LogP contribution is -2.27. The number of nitrogens with zero attached hydrogens (tertiary/aromatic N) is 1. The number of rotatable bonds is 5. The first kappa shape index (κ1) is 13.7. The van der Waals surface area contributed by atoms with Gasteiger partial charge in [-0.25, -0.2) is 0 Å². The van der Waals surface area contributed by atoms with Crippen LogP contribution in [0.1, 0.15) is 40.5 Å². The lowest BCUT2D eigenvalue weighted by molar-refractivity contribution is 0.0944. The number of nitrogen functional groups attached to an aromatic ring is 1. The first-order valence-corrected chi connectivity index (χ1v) is 7.44.